The fraction of sp³-hybridized carbons (Fsp3) is 0.136. The number of aliphatic hydroxyl groups is 1. The van der Waals surface area contributed by atoms with Crippen molar-refractivity contribution in [3.63, 3.8) is 0 Å². The number of benzene rings is 2. The van der Waals surface area contributed by atoms with Crippen molar-refractivity contribution in [2.45, 2.75) is 5.92 Å². The smallest absolute Gasteiger partial charge is 0.205 e. The van der Waals surface area contributed by atoms with Crippen LogP contribution in [0.1, 0.15) is 17.0 Å². The Morgan fingerprint density at radius 2 is 1.86 bits per heavy atom. The molecule has 2 aromatic carbocycles. The SMILES string of the molecule is COc1c(/C(O)=C/C(C(=C=N)C#N)c2ccccc2)c(O)c(OC)c2occc12. The Hall–Kier alpha value is -4.14. The zero-order valence-corrected chi connectivity index (χ0v) is 15.8. The molecular weight excluding hydrogens is 372 g/mol. The number of hydrogen-bond donors (Lipinski definition) is 3. The van der Waals surface area contributed by atoms with Crippen LogP contribution in [0.15, 0.2) is 58.7 Å². The van der Waals surface area contributed by atoms with Crippen LogP contribution in [0.3, 0.4) is 0 Å². The fourth-order valence-corrected chi connectivity index (χ4v) is 3.19. The minimum atomic E-state index is -0.756. The molecule has 1 heterocycles. The van der Waals surface area contributed by atoms with Crippen LogP contribution in [0.25, 0.3) is 16.7 Å². The maximum Gasteiger partial charge on any atom is 0.205 e. The van der Waals surface area contributed by atoms with Crippen molar-refractivity contribution in [1.82, 2.24) is 0 Å². The van der Waals surface area contributed by atoms with Crippen LogP contribution < -0.4 is 9.47 Å². The molecule has 1 unspecified atom stereocenters. The van der Waals surface area contributed by atoms with Gasteiger partial charge in [0.2, 0.25) is 5.75 Å². The molecule has 3 rings (SSSR count). The lowest BCUT2D eigenvalue weighted by molar-refractivity contribution is 0.360. The first-order valence-corrected chi connectivity index (χ1v) is 8.57. The Morgan fingerprint density at radius 3 is 2.45 bits per heavy atom. The van der Waals surface area contributed by atoms with Crippen LogP contribution in [-0.2, 0) is 0 Å². The third kappa shape index (κ3) is 3.41. The number of phenolic OH excluding ortho intramolecular Hbond substituents is 1. The molecule has 0 aliphatic heterocycles. The molecule has 29 heavy (non-hydrogen) atoms. The van der Waals surface area contributed by atoms with Crippen molar-refractivity contribution < 1.29 is 24.1 Å². The molecule has 0 bridgehead atoms. The highest BCUT2D eigenvalue weighted by Crippen LogP contribution is 2.48. The number of furan rings is 1. The molecule has 1 aromatic heterocycles. The molecule has 1 atom stereocenters. The highest BCUT2D eigenvalue weighted by molar-refractivity contribution is 5.97. The lowest BCUT2D eigenvalue weighted by Gasteiger charge is -2.16. The van der Waals surface area contributed by atoms with E-state index >= 15 is 0 Å². The van der Waals surface area contributed by atoms with Crippen LogP contribution in [-0.4, -0.2) is 30.3 Å². The number of rotatable bonds is 6. The Kier molecular flexibility index (Phi) is 5.59. The maximum atomic E-state index is 10.9. The molecule has 0 fully saturated rings. The lowest BCUT2D eigenvalue weighted by atomic mass is 9.90. The highest BCUT2D eigenvalue weighted by atomic mass is 16.5. The first-order valence-electron chi connectivity index (χ1n) is 8.57. The predicted molar refractivity (Wildman–Crippen MR) is 108 cm³/mol. The quantitative estimate of drug-likeness (QED) is 0.323. The summed E-state index contributed by atoms with van der Waals surface area (Å²) in [5, 5.41) is 39.0. The third-order valence-electron chi connectivity index (χ3n) is 4.51. The summed E-state index contributed by atoms with van der Waals surface area (Å²) in [5.41, 5.74) is 0.930. The first kappa shape index (κ1) is 19.6. The maximum absolute atomic E-state index is 10.9. The molecule has 7 nitrogen and oxygen atoms in total. The van der Waals surface area contributed by atoms with Gasteiger partial charge in [-0.3, -0.25) is 5.41 Å². The fourth-order valence-electron chi connectivity index (χ4n) is 3.19. The van der Waals surface area contributed by atoms with E-state index in [1.54, 1.807) is 30.3 Å². The topological polar surface area (TPSA) is 120 Å². The molecule has 7 heteroatoms. The summed E-state index contributed by atoms with van der Waals surface area (Å²) in [6, 6.07) is 12.5. The van der Waals surface area contributed by atoms with Crippen molar-refractivity contribution in [3.8, 4) is 23.3 Å². The van der Waals surface area contributed by atoms with Gasteiger partial charge in [0, 0.05) is 5.92 Å². The normalized spacial score (nSPS) is 12.1. The number of nitriles is 1. The van der Waals surface area contributed by atoms with Gasteiger partial charge < -0.3 is 24.1 Å². The molecule has 3 N–H and O–H groups in total. The zero-order valence-electron chi connectivity index (χ0n) is 15.8. The predicted octanol–water partition coefficient (Wildman–Crippen LogP) is 4.54. The van der Waals surface area contributed by atoms with E-state index in [2.05, 4.69) is 5.87 Å². The highest BCUT2D eigenvalue weighted by Gasteiger charge is 2.26. The van der Waals surface area contributed by atoms with Crippen LogP contribution in [0, 0.1) is 16.7 Å². The van der Waals surface area contributed by atoms with Gasteiger partial charge in [-0.1, -0.05) is 30.3 Å². The Balaban J connectivity index is 2.28. The molecule has 0 amide bonds. The van der Waals surface area contributed by atoms with Crippen LogP contribution in [0.4, 0.5) is 0 Å². The van der Waals surface area contributed by atoms with Crippen molar-refractivity contribution in [1.29, 1.82) is 10.7 Å². The van der Waals surface area contributed by atoms with Gasteiger partial charge in [-0.25, -0.2) is 0 Å². The largest absolute Gasteiger partial charge is 0.507 e. The van der Waals surface area contributed by atoms with Crippen LogP contribution in [0.2, 0.25) is 0 Å². The van der Waals surface area contributed by atoms with Gasteiger partial charge >= 0.3 is 0 Å². The van der Waals surface area contributed by atoms with Crippen molar-refractivity contribution in [2.24, 2.45) is 0 Å². The van der Waals surface area contributed by atoms with Crippen molar-refractivity contribution in [3.05, 3.63) is 65.4 Å². The summed E-state index contributed by atoms with van der Waals surface area (Å²) in [6.45, 7) is 0. The Morgan fingerprint density at radius 1 is 1.17 bits per heavy atom. The van der Waals surface area contributed by atoms with Crippen molar-refractivity contribution in [2.75, 3.05) is 14.2 Å². The molecule has 146 valence electrons. The number of allylic oxidation sites excluding steroid dienone is 2. The molecule has 0 aliphatic rings. The van der Waals surface area contributed by atoms with Gasteiger partial charge in [-0.2, -0.15) is 5.26 Å². The average molecular weight is 390 g/mol. The standard InChI is InChI=1S/C22H18N2O5/c1-27-20-15-8-9-29-21(15)22(28-2)19(26)18(20)17(25)10-16(14(11-23)12-24)13-6-4-3-5-7-13/h3-10,16,23,25-26H,1-2H3/b17-10-. The van der Waals surface area contributed by atoms with Crippen molar-refractivity contribution >= 4 is 22.6 Å². The van der Waals surface area contributed by atoms with Gasteiger partial charge in [0.25, 0.3) is 0 Å². The lowest BCUT2D eigenvalue weighted by Crippen LogP contribution is -2.02. The van der Waals surface area contributed by atoms with Gasteiger partial charge in [0.15, 0.2) is 11.3 Å². The van der Waals surface area contributed by atoms with E-state index in [9.17, 15) is 15.5 Å². The van der Waals surface area contributed by atoms with E-state index < -0.39 is 5.92 Å². The molecule has 3 aromatic rings. The number of fused-ring (bicyclic) bond motifs is 1. The summed E-state index contributed by atoms with van der Waals surface area (Å²) in [4.78, 5) is 0. The van der Waals surface area contributed by atoms with Crippen LogP contribution >= 0.6 is 0 Å². The van der Waals surface area contributed by atoms with Gasteiger partial charge in [-0.05, 0) is 23.6 Å². The Labute approximate surface area is 166 Å². The summed E-state index contributed by atoms with van der Waals surface area (Å²) >= 11 is 0. The number of methoxy groups -OCH3 is 2. The summed E-state index contributed by atoms with van der Waals surface area (Å²) in [7, 11) is 2.77. The number of phenols is 1. The molecule has 0 aliphatic carbocycles. The second-order valence-electron chi connectivity index (χ2n) is 6.04. The number of nitrogens with zero attached hydrogens (tertiary/aromatic N) is 1. The molecule has 0 saturated heterocycles. The Bertz CT molecular complexity index is 1170. The van der Waals surface area contributed by atoms with E-state index in [1.165, 1.54) is 26.6 Å². The van der Waals surface area contributed by atoms with Gasteiger partial charge in [0.05, 0.1) is 25.9 Å². The molecule has 0 spiro atoms. The third-order valence-corrected chi connectivity index (χ3v) is 4.51. The minimum absolute atomic E-state index is 0.00226. The van der Waals surface area contributed by atoms with Gasteiger partial charge in [-0.15, -0.1) is 0 Å². The molecular formula is C22H18N2O5. The summed E-state index contributed by atoms with van der Waals surface area (Å²) < 4.78 is 16.0. The second kappa shape index (κ2) is 8.26. The minimum Gasteiger partial charge on any atom is -0.507 e. The van der Waals surface area contributed by atoms with Crippen LogP contribution in [0.5, 0.6) is 17.2 Å². The average Bonchev–Trinajstić information content (AvgIpc) is 3.22. The van der Waals surface area contributed by atoms with E-state index in [4.69, 9.17) is 19.3 Å². The number of aromatic hydroxyl groups is 1. The number of nitrogens with one attached hydrogen (secondary N) is 1. The molecule has 0 radical (unpaired) electrons. The number of aliphatic hydroxyl groups excluding tert-OH is 1. The zero-order chi connectivity index (χ0) is 21.0. The van der Waals surface area contributed by atoms with E-state index in [0.717, 1.165) is 0 Å². The van der Waals surface area contributed by atoms with Gasteiger partial charge in [0.1, 0.15) is 28.7 Å². The number of ether oxygens (including phenoxy) is 2. The van der Waals surface area contributed by atoms with E-state index in [-0.39, 0.29) is 39.7 Å². The van der Waals surface area contributed by atoms with E-state index in [0.29, 0.717) is 10.9 Å². The first-order chi connectivity index (χ1) is 14.1. The second-order valence-corrected chi connectivity index (χ2v) is 6.04. The summed E-state index contributed by atoms with van der Waals surface area (Å²) in [6.07, 6.45) is 2.77. The molecule has 0 saturated carbocycles. The monoisotopic (exact) mass is 390 g/mol. The van der Waals surface area contributed by atoms with E-state index in [1.807, 2.05) is 12.1 Å². The summed E-state index contributed by atoms with van der Waals surface area (Å²) in [5.74, 6) is 0.866. The number of hydrogen-bond acceptors (Lipinski definition) is 7.